The number of phenolic OH excluding ortho intramolecular Hbond substituents is 1. The van der Waals surface area contributed by atoms with E-state index in [2.05, 4.69) is 20.6 Å². The van der Waals surface area contributed by atoms with Crippen molar-refractivity contribution in [3.05, 3.63) is 72.1 Å². The molecule has 2 aromatic carbocycles. The van der Waals surface area contributed by atoms with Gasteiger partial charge in [0.2, 0.25) is 5.89 Å². The third kappa shape index (κ3) is 6.28. The Balaban J connectivity index is 0.00000261. The van der Waals surface area contributed by atoms with Crippen molar-refractivity contribution in [2.45, 2.75) is 20.0 Å². The van der Waals surface area contributed by atoms with Gasteiger partial charge in [0.1, 0.15) is 12.0 Å². The molecule has 142 valence electrons. The monoisotopic (exact) mass is 478 g/mol. The molecular formula is C20H23IN4O2. The molecule has 1 heterocycles. The summed E-state index contributed by atoms with van der Waals surface area (Å²) in [5, 5.41) is 15.8. The summed E-state index contributed by atoms with van der Waals surface area (Å²) < 4.78 is 5.55. The molecule has 0 amide bonds. The Bertz CT molecular complexity index is 848. The second-order valence-corrected chi connectivity index (χ2v) is 5.73. The topological polar surface area (TPSA) is 82.7 Å². The Morgan fingerprint density at radius 2 is 1.81 bits per heavy atom. The van der Waals surface area contributed by atoms with Gasteiger partial charge in [-0.2, -0.15) is 0 Å². The van der Waals surface area contributed by atoms with Gasteiger partial charge in [0, 0.05) is 12.1 Å². The zero-order valence-electron chi connectivity index (χ0n) is 15.1. The lowest BCUT2D eigenvalue weighted by Crippen LogP contribution is -2.36. The van der Waals surface area contributed by atoms with E-state index in [1.807, 2.05) is 49.4 Å². The van der Waals surface area contributed by atoms with Gasteiger partial charge in [-0.3, -0.25) is 0 Å². The van der Waals surface area contributed by atoms with Crippen LogP contribution in [0.15, 0.2) is 70.3 Å². The molecule has 1 aromatic heterocycles. The van der Waals surface area contributed by atoms with E-state index in [9.17, 15) is 5.11 Å². The molecule has 0 bridgehead atoms. The maximum atomic E-state index is 9.34. The van der Waals surface area contributed by atoms with Gasteiger partial charge >= 0.3 is 0 Å². The van der Waals surface area contributed by atoms with Crippen LogP contribution in [-0.4, -0.2) is 22.6 Å². The van der Waals surface area contributed by atoms with E-state index in [1.165, 1.54) is 0 Å². The number of halogens is 1. The third-order valence-electron chi connectivity index (χ3n) is 3.71. The summed E-state index contributed by atoms with van der Waals surface area (Å²) in [6.45, 7) is 3.80. The fraction of sp³-hybridized carbons (Fsp3) is 0.200. The van der Waals surface area contributed by atoms with E-state index < -0.39 is 0 Å². The van der Waals surface area contributed by atoms with Crippen LogP contribution >= 0.6 is 24.0 Å². The fourth-order valence-electron chi connectivity index (χ4n) is 2.39. The molecular weight excluding hydrogens is 455 g/mol. The molecule has 0 spiro atoms. The number of aromatic nitrogens is 1. The lowest BCUT2D eigenvalue weighted by atomic mass is 10.2. The molecule has 3 aromatic rings. The number of aliphatic imine (C=N–C) groups is 1. The number of nitrogens with one attached hydrogen (secondary N) is 2. The second-order valence-electron chi connectivity index (χ2n) is 5.73. The average molecular weight is 478 g/mol. The molecule has 27 heavy (non-hydrogen) atoms. The maximum Gasteiger partial charge on any atom is 0.226 e. The van der Waals surface area contributed by atoms with Crippen LogP contribution in [0, 0.1) is 0 Å². The number of oxazole rings is 1. The number of nitrogens with zero attached hydrogens (tertiary/aromatic N) is 2. The van der Waals surface area contributed by atoms with Gasteiger partial charge in [0.25, 0.3) is 0 Å². The lowest BCUT2D eigenvalue weighted by Gasteiger charge is -2.10. The van der Waals surface area contributed by atoms with Crippen LogP contribution in [0.3, 0.4) is 0 Å². The van der Waals surface area contributed by atoms with E-state index in [4.69, 9.17) is 4.42 Å². The first kappa shape index (κ1) is 20.8. The largest absolute Gasteiger partial charge is 0.508 e. The molecule has 0 aliphatic heterocycles. The number of aromatic hydroxyl groups is 1. The highest BCUT2D eigenvalue weighted by molar-refractivity contribution is 14.0. The van der Waals surface area contributed by atoms with Crippen molar-refractivity contribution in [3.63, 3.8) is 0 Å². The van der Waals surface area contributed by atoms with E-state index in [0.29, 0.717) is 24.9 Å². The van der Waals surface area contributed by atoms with Crippen LogP contribution in [0.5, 0.6) is 5.75 Å². The van der Waals surface area contributed by atoms with Gasteiger partial charge in [-0.05, 0) is 36.8 Å². The van der Waals surface area contributed by atoms with Gasteiger partial charge in [-0.15, -0.1) is 24.0 Å². The standard InChI is InChI=1S/C20H22N4O2.HI/c1-2-21-20(22-12-15-8-10-18(25)11-9-15)23-13-17-14-26-19(24-17)16-6-4-3-5-7-16;/h3-11,14,25H,2,12-13H2,1H3,(H2,21,22,23);1H. The molecule has 6 nitrogen and oxygen atoms in total. The zero-order valence-corrected chi connectivity index (χ0v) is 17.4. The minimum absolute atomic E-state index is 0. The molecule has 3 N–H and O–H groups in total. The smallest absolute Gasteiger partial charge is 0.226 e. The number of hydrogen-bond acceptors (Lipinski definition) is 4. The summed E-state index contributed by atoms with van der Waals surface area (Å²) in [5.41, 5.74) is 2.78. The van der Waals surface area contributed by atoms with Crippen LogP contribution in [0.4, 0.5) is 0 Å². The summed E-state index contributed by atoms with van der Waals surface area (Å²) in [5.74, 6) is 1.56. The van der Waals surface area contributed by atoms with Gasteiger partial charge in [0.15, 0.2) is 5.96 Å². The molecule has 0 atom stereocenters. The van der Waals surface area contributed by atoms with Crippen LogP contribution in [0.1, 0.15) is 18.2 Å². The zero-order chi connectivity index (χ0) is 18.2. The Morgan fingerprint density at radius 1 is 1.07 bits per heavy atom. The summed E-state index contributed by atoms with van der Waals surface area (Å²) in [4.78, 5) is 9.05. The Morgan fingerprint density at radius 3 is 2.52 bits per heavy atom. The first-order valence-electron chi connectivity index (χ1n) is 8.54. The van der Waals surface area contributed by atoms with Crippen molar-refractivity contribution in [2.24, 2.45) is 4.99 Å². The molecule has 0 fully saturated rings. The number of guanidine groups is 1. The van der Waals surface area contributed by atoms with Gasteiger partial charge in [0.05, 0.1) is 18.8 Å². The maximum absolute atomic E-state index is 9.34. The van der Waals surface area contributed by atoms with Gasteiger partial charge in [-0.1, -0.05) is 30.3 Å². The molecule has 0 saturated heterocycles. The molecule has 0 radical (unpaired) electrons. The Kier molecular flexibility index (Phi) is 8.12. The van der Waals surface area contributed by atoms with Crippen LogP contribution < -0.4 is 10.6 Å². The molecule has 7 heteroatoms. The van der Waals surface area contributed by atoms with Crippen molar-refractivity contribution in [2.75, 3.05) is 6.54 Å². The highest BCUT2D eigenvalue weighted by Crippen LogP contribution is 2.17. The summed E-state index contributed by atoms with van der Waals surface area (Å²) in [6.07, 6.45) is 1.65. The van der Waals surface area contributed by atoms with Crippen molar-refractivity contribution < 1.29 is 9.52 Å². The number of rotatable bonds is 6. The molecule has 3 rings (SSSR count). The third-order valence-corrected chi connectivity index (χ3v) is 3.71. The summed E-state index contributed by atoms with van der Waals surface area (Å²) >= 11 is 0. The van der Waals surface area contributed by atoms with Gasteiger partial charge < -0.3 is 20.2 Å². The fourth-order valence-corrected chi connectivity index (χ4v) is 2.39. The van der Waals surface area contributed by atoms with Crippen molar-refractivity contribution >= 4 is 29.9 Å². The molecule has 0 aliphatic rings. The van der Waals surface area contributed by atoms with Crippen LogP contribution in [0.2, 0.25) is 0 Å². The number of phenols is 1. The normalized spacial score (nSPS) is 10.9. The predicted molar refractivity (Wildman–Crippen MR) is 117 cm³/mol. The first-order chi connectivity index (χ1) is 12.7. The van der Waals surface area contributed by atoms with E-state index in [1.54, 1.807) is 18.4 Å². The quantitative estimate of drug-likeness (QED) is 0.284. The minimum Gasteiger partial charge on any atom is -0.508 e. The summed E-state index contributed by atoms with van der Waals surface area (Å²) in [7, 11) is 0. The van der Waals surface area contributed by atoms with E-state index in [-0.39, 0.29) is 29.7 Å². The van der Waals surface area contributed by atoms with Crippen LogP contribution in [-0.2, 0) is 13.1 Å². The first-order valence-corrected chi connectivity index (χ1v) is 8.54. The predicted octanol–water partition coefficient (Wildman–Crippen LogP) is 3.92. The van der Waals surface area contributed by atoms with Crippen molar-refractivity contribution in [3.8, 4) is 17.2 Å². The Hall–Kier alpha value is -2.55. The summed E-state index contributed by atoms with van der Waals surface area (Å²) in [6, 6.07) is 16.8. The highest BCUT2D eigenvalue weighted by Gasteiger charge is 2.07. The highest BCUT2D eigenvalue weighted by atomic mass is 127. The van der Waals surface area contributed by atoms with Crippen LogP contribution in [0.25, 0.3) is 11.5 Å². The molecule has 0 aliphatic carbocycles. The Labute approximate surface area is 175 Å². The van der Waals surface area contributed by atoms with Crippen molar-refractivity contribution in [1.82, 2.24) is 15.6 Å². The van der Waals surface area contributed by atoms with Crippen molar-refractivity contribution in [1.29, 1.82) is 0 Å². The van der Waals surface area contributed by atoms with Gasteiger partial charge in [-0.25, -0.2) is 9.98 Å². The lowest BCUT2D eigenvalue weighted by molar-refractivity contribution is 0.475. The van der Waals surface area contributed by atoms with E-state index in [0.717, 1.165) is 23.4 Å². The van der Waals surface area contributed by atoms with E-state index >= 15 is 0 Å². The SMILES string of the molecule is CCNC(=NCc1ccc(O)cc1)NCc1coc(-c2ccccc2)n1.I. The molecule has 0 unspecified atom stereocenters. The number of hydrogen-bond donors (Lipinski definition) is 3. The number of benzene rings is 2. The average Bonchev–Trinajstić information content (AvgIpc) is 3.15. The minimum atomic E-state index is 0. The molecule has 0 saturated carbocycles. The second kappa shape index (κ2) is 10.6.